The van der Waals surface area contributed by atoms with E-state index in [1.165, 1.54) is 5.56 Å². The summed E-state index contributed by atoms with van der Waals surface area (Å²) in [5, 5.41) is 4.18. The van der Waals surface area contributed by atoms with Crippen LogP contribution in [0.4, 0.5) is 5.69 Å². The minimum Gasteiger partial charge on any atom is -0.370 e. The van der Waals surface area contributed by atoms with Gasteiger partial charge in [0.05, 0.1) is 6.20 Å². The number of halogens is 1. The number of rotatable bonds is 4. The fourth-order valence-corrected chi connectivity index (χ4v) is 2.77. The molecule has 19 heavy (non-hydrogen) atoms. The summed E-state index contributed by atoms with van der Waals surface area (Å²) in [6.07, 6.45) is 3.92. The van der Waals surface area contributed by atoms with E-state index in [9.17, 15) is 0 Å². The zero-order valence-corrected chi connectivity index (χ0v) is 13.1. The first-order chi connectivity index (χ1) is 8.97. The molecule has 4 nitrogen and oxygen atoms in total. The first-order valence-electron chi connectivity index (χ1n) is 6.21. The number of hydrogen-bond acceptors (Lipinski definition) is 3. The number of nitrogens with zero attached hydrogens (tertiary/aromatic N) is 3. The molecule has 5 heteroatoms. The minimum absolute atomic E-state index is 0.0343. The monoisotopic (exact) mass is 322 g/mol. The fraction of sp³-hybridized carbons (Fsp3) is 0.357. The number of aryl methyl sites for hydroxylation is 1. The number of anilines is 1. The molecular weight excluding hydrogens is 304 g/mol. The summed E-state index contributed by atoms with van der Waals surface area (Å²) in [5.74, 6) is 0. The van der Waals surface area contributed by atoms with Crippen molar-refractivity contribution in [2.45, 2.75) is 19.5 Å². The predicted molar refractivity (Wildman–Crippen MR) is 82.1 cm³/mol. The molecule has 1 heterocycles. The van der Waals surface area contributed by atoms with Crippen LogP contribution in [-0.2, 0) is 13.6 Å². The van der Waals surface area contributed by atoms with Gasteiger partial charge in [0.1, 0.15) is 0 Å². The van der Waals surface area contributed by atoms with Gasteiger partial charge >= 0.3 is 0 Å². The van der Waals surface area contributed by atoms with E-state index in [4.69, 9.17) is 5.73 Å². The predicted octanol–water partition coefficient (Wildman–Crippen LogP) is 2.84. The molecule has 0 radical (unpaired) electrons. The smallest absolute Gasteiger partial charge is 0.0539 e. The van der Waals surface area contributed by atoms with Gasteiger partial charge in [-0.2, -0.15) is 5.10 Å². The highest BCUT2D eigenvalue weighted by Crippen LogP contribution is 2.27. The van der Waals surface area contributed by atoms with E-state index in [1.807, 2.05) is 31.0 Å². The van der Waals surface area contributed by atoms with Gasteiger partial charge in [-0.25, -0.2) is 0 Å². The normalized spacial score (nSPS) is 12.5. The average Bonchev–Trinajstić information content (AvgIpc) is 2.74. The van der Waals surface area contributed by atoms with Crippen LogP contribution in [0.5, 0.6) is 0 Å². The van der Waals surface area contributed by atoms with Gasteiger partial charge in [0.2, 0.25) is 0 Å². The second kappa shape index (κ2) is 5.75. The third-order valence-electron chi connectivity index (χ3n) is 3.09. The molecule has 0 bridgehead atoms. The Kier molecular flexibility index (Phi) is 4.27. The highest BCUT2D eigenvalue weighted by Gasteiger charge is 2.09. The van der Waals surface area contributed by atoms with E-state index in [0.717, 1.165) is 22.3 Å². The minimum atomic E-state index is 0.0343. The van der Waals surface area contributed by atoms with Crippen LogP contribution in [0.1, 0.15) is 24.1 Å². The van der Waals surface area contributed by atoms with Crippen LogP contribution < -0.4 is 10.6 Å². The van der Waals surface area contributed by atoms with Gasteiger partial charge in [-0.1, -0.05) is 22.0 Å². The molecule has 0 amide bonds. The lowest BCUT2D eigenvalue weighted by atomic mass is 10.1. The third kappa shape index (κ3) is 3.36. The van der Waals surface area contributed by atoms with E-state index >= 15 is 0 Å². The number of aromatic nitrogens is 2. The first kappa shape index (κ1) is 14.1. The van der Waals surface area contributed by atoms with Gasteiger partial charge in [-0.15, -0.1) is 0 Å². The molecule has 1 aromatic heterocycles. The van der Waals surface area contributed by atoms with Gasteiger partial charge < -0.3 is 10.6 Å². The molecule has 2 aromatic rings. The third-order valence-corrected chi connectivity index (χ3v) is 3.78. The van der Waals surface area contributed by atoms with Gasteiger partial charge in [-0.3, -0.25) is 4.68 Å². The van der Waals surface area contributed by atoms with Gasteiger partial charge in [0.25, 0.3) is 0 Å². The van der Waals surface area contributed by atoms with Crippen molar-refractivity contribution in [3.05, 3.63) is 46.2 Å². The van der Waals surface area contributed by atoms with Crippen LogP contribution in [0.25, 0.3) is 0 Å². The van der Waals surface area contributed by atoms with Crippen molar-refractivity contribution in [3.63, 3.8) is 0 Å². The average molecular weight is 323 g/mol. The van der Waals surface area contributed by atoms with Crippen molar-refractivity contribution >= 4 is 21.6 Å². The molecule has 0 fully saturated rings. The molecule has 0 aliphatic rings. The Hall–Kier alpha value is -1.33. The maximum Gasteiger partial charge on any atom is 0.0539 e. The quantitative estimate of drug-likeness (QED) is 0.941. The maximum absolute atomic E-state index is 5.91. The fourth-order valence-electron chi connectivity index (χ4n) is 2.04. The van der Waals surface area contributed by atoms with Gasteiger partial charge in [0.15, 0.2) is 0 Å². The van der Waals surface area contributed by atoms with Crippen molar-refractivity contribution in [1.82, 2.24) is 9.78 Å². The van der Waals surface area contributed by atoms with Crippen molar-refractivity contribution in [1.29, 1.82) is 0 Å². The SMILES string of the molecule is CC(N)c1ccc(N(C)Cc2cnn(C)c2)cc1Br. The molecule has 102 valence electrons. The summed E-state index contributed by atoms with van der Waals surface area (Å²) < 4.78 is 2.87. The van der Waals surface area contributed by atoms with Gasteiger partial charge in [-0.05, 0) is 24.6 Å². The van der Waals surface area contributed by atoms with Gasteiger partial charge in [0, 0.05) is 48.6 Å². The van der Waals surface area contributed by atoms with Crippen molar-refractivity contribution in [2.24, 2.45) is 12.8 Å². The Morgan fingerprint density at radius 3 is 2.74 bits per heavy atom. The second-order valence-electron chi connectivity index (χ2n) is 4.87. The molecule has 2 N–H and O–H groups in total. The standard InChI is InChI=1S/C14H19BrN4/c1-10(16)13-5-4-12(6-14(13)15)18(2)8-11-7-17-19(3)9-11/h4-7,9-10H,8,16H2,1-3H3. The summed E-state index contributed by atoms with van der Waals surface area (Å²) >= 11 is 3.58. The summed E-state index contributed by atoms with van der Waals surface area (Å²) in [6.45, 7) is 2.82. The largest absolute Gasteiger partial charge is 0.370 e. The molecule has 1 aromatic carbocycles. The summed E-state index contributed by atoms with van der Waals surface area (Å²) in [7, 11) is 4.00. The van der Waals surface area contributed by atoms with Crippen molar-refractivity contribution < 1.29 is 0 Å². The Balaban J connectivity index is 2.15. The van der Waals surface area contributed by atoms with Crippen LogP contribution in [-0.4, -0.2) is 16.8 Å². The maximum atomic E-state index is 5.91. The first-order valence-corrected chi connectivity index (χ1v) is 7.00. The molecular formula is C14H19BrN4. The molecule has 0 aliphatic carbocycles. The Bertz CT molecular complexity index is 562. The Labute approximate surface area is 122 Å². The lowest BCUT2D eigenvalue weighted by Gasteiger charge is -2.20. The molecule has 1 unspecified atom stereocenters. The van der Waals surface area contributed by atoms with E-state index in [2.05, 4.69) is 51.2 Å². The molecule has 0 saturated heterocycles. The van der Waals surface area contributed by atoms with Crippen molar-refractivity contribution in [3.8, 4) is 0 Å². The summed E-state index contributed by atoms with van der Waals surface area (Å²) in [5.41, 5.74) is 9.38. The lowest BCUT2D eigenvalue weighted by Crippen LogP contribution is -2.16. The van der Waals surface area contributed by atoms with Crippen LogP contribution in [0.2, 0.25) is 0 Å². The second-order valence-corrected chi connectivity index (χ2v) is 5.73. The van der Waals surface area contributed by atoms with E-state index < -0.39 is 0 Å². The number of hydrogen-bond donors (Lipinski definition) is 1. The van der Waals surface area contributed by atoms with Crippen molar-refractivity contribution in [2.75, 3.05) is 11.9 Å². The highest BCUT2D eigenvalue weighted by atomic mass is 79.9. The van der Waals surface area contributed by atoms with E-state index in [0.29, 0.717) is 0 Å². The zero-order chi connectivity index (χ0) is 14.0. The van der Waals surface area contributed by atoms with Crippen LogP contribution in [0.3, 0.4) is 0 Å². The van der Waals surface area contributed by atoms with E-state index in [1.54, 1.807) is 0 Å². The van der Waals surface area contributed by atoms with E-state index in [-0.39, 0.29) is 6.04 Å². The summed E-state index contributed by atoms with van der Waals surface area (Å²) in [4.78, 5) is 2.19. The van der Waals surface area contributed by atoms with Crippen LogP contribution in [0, 0.1) is 0 Å². The van der Waals surface area contributed by atoms with Crippen LogP contribution >= 0.6 is 15.9 Å². The molecule has 0 aliphatic heterocycles. The molecule has 1 atom stereocenters. The highest BCUT2D eigenvalue weighted by molar-refractivity contribution is 9.10. The molecule has 0 spiro atoms. The molecule has 0 saturated carbocycles. The summed E-state index contributed by atoms with van der Waals surface area (Å²) in [6, 6.07) is 6.31. The Morgan fingerprint density at radius 2 is 2.21 bits per heavy atom. The molecule has 2 rings (SSSR count). The zero-order valence-electron chi connectivity index (χ0n) is 11.5. The number of nitrogens with two attached hydrogens (primary N) is 1. The Morgan fingerprint density at radius 1 is 1.47 bits per heavy atom. The topological polar surface area (TPSA) is 47.1 Å². The van der Waals surface area contributed by atoms with Crippen LogP contribution in [0.15, 0.2) is 35.1 Å². The number of benzene rings is 1. The lowest BCUT2D eigenvalue weighted by molar-refractivity contribution is 0.766.